The van der Waals surface area contributed by atoms with E-state index in [0.717, 1.165) is 16.9 Å². The summed E-state index contributed by atoms with van der Waals surface area (Å²) >= 11 is 0.984. The number of benzene rings is 1. The van der Waals surface area contributed by atoms with E-state index in [0.29, 0.717) is 10.7 Å². The monoisotopic (exact) mass is 355 g/mol. The molecule has 25 heavy (non-hydrogen) atoms. The number of aromatic hydroxyl groups is 1. The Morgan fingerprint density at radius 3 is 2.88 bits per heavy atom. The Labute approximate surface area is 146 Å². The van der Waals surface area contributed by atoms with E-state index in [9.17, 15) is 14.7 Å². The molecule has 2 heterocycles. The number of nitrogens with zero attached hydrogens (tertiary/aromatic N) is 2. The Morgan fingerprint density at radius 1 is 1.32 bits per heavy atom. The van der Waals surface area contributed by atoms with Crippen LogP contribution >= 0.6 is 11.3 Å². The highest BCUT2D eigenvalue weighted by molar-refractivity contribution is 7.11. The number of carbonyl (C=O) groups is 1. The number of nitrogens with one attached hydrogen (secondary N) is 2. The van der Waals surface area contributed by atoms with Gasteiger partial charge in [-0.25, -0.2) is 14.8 Å². The number of para-hydroxylation sites is 1. The van der Waals surface area contributed by atoms with Crippen LogP contribution in [0.3, 0.4) is 0 Å². The number of amides is 1. The van der Waals surface area contributed by atoms with Crippen molar-refractivity contribution in [1.82, 2.24) is 10.4 Å². The van der Waals surface area contributed by atoms with Crippen LogP contribution in [0.25, 0.3) is 5.82 Å². The second-order valence-electron chi connectivity index (χ2n) is 5.23. The summed E-state index contributed by atoms with van der Waals surface area (Å²) in [6.45, 7) is 1.95. The number of rotatable bonds is 4. The number of hydrogen-bond acceptors (Lipinski definition) is 5. The Hall–Kier alpha value is -3.26. The minimum absolute atomic E-state index is 0.121. The summed E-state index contributed by atoms with van der Waals surface area (Å²) in [5.41, 5.74) is 3.49. The molecule has 0 saturated heterocycles. The Balaban J connectivity index is 1.82. The second-order valence-corrected chi connectivity index (χ2v) is 6.25. The van der Waals surface area contributed by atoms with Crippen molar-refractivity contribution in [2.75, 3.05) is 0 Å². The first-order valence-corrected chi connectivity index (χ1v) is 8.19. The standard InChI is InChI=1S/C17H14N4O3S/c1-11-5-4-8-21(10-11)15-14(25-17(24)19-15)9-18-20-16(23)12-6-2-3-7-13(12)22/h2-10H,1H3,(H2-,18,19,20,22,23,24)/p+1. The predicted octanol–water partition coefficient (Wildman–Crippen LogP) is 1.49. The second kappa shape index (κ2) is 7.10. The van der Waals surface area contributed by atoms with E-state index in [1.54, 1.807) is 16.7 Å². The van der Waals surface area contributed by atoms with Crippen LogP contribution in [0.4, 0.5) is 0 Å². The molecule has 2 aromatic heterocycles. The largest absolute Gasteiger partial charge is 0.507 e. The zero-order chi connectivity index (χ0) is 17.8. The van der Waals surface area contributed by atoms with Crippen molar-refractivity contribution in [3.05, 3.63) is 74.5 Å². The smallest absolute Gasteiger partial charge is 0.390 e. The molecule has 8 heteroatoms. The van der Waals surface area contributed by atoms with Crippen molar-refractivity contribution >= 4 is 23.5 Å². The molecule has 0 unspecified atom stereocenters. The third-order valence-electron chi connectivity index (χ3n) is 3.36. The zero-order valence-corrected chi connectivity index (χ0v) is 14.1. The van der Waals surface area contributed by atoms with Gasteiger partial charge >= 0.3 is 10.7 Å². The zero-order valence-electron chi connectivity index (χ0n) is 13.3. The van der Waals surface area contributed by atoms with Crippen molar-refractivity contribution in [1.29, 1.82) is 0 Å². The Morgan fingerprint density at radius 2 is 2.12 bits per heavy atom. The molecule has 0 fully saturated rings. The lowest BCUT2D eigenvalue weighted by atomic mass is 10.2. The summed E-state index contributed by atoms with van der Waals surface area (Å²) in [5.74, 6) is -0.0984. The number of aryl methyl sites for hydroxylation is 1. The number of carbonyl (C=O) groups excluding carboxylic acids is 1. The normalized spacial score (nSPS) is 10.9. The van der Waals surface area contributed by atoms with Crippen LogP contribution in [0.2, 0.25) is 0 Å². The van der Waals surface area contributed by atoms with Gasteiger partial charge < -0.3 is 5.11 Å². The molecule has 0 aliphatic carbocycles. The van der Waals surface area contributed by atoms with E-state index in [4.69, 9.17) is 0 Å². The maximum atomic E-state index is 12.0. The third kappa shape index (κ3) is 3.81. The molecule has 3 rings (SSSR count). The predicted molar refractivity (Wildman–Crippen MR) is 94.4 cm³/mol. The molecule has 3 N–H and O–H groups in total. The first-order valence-electron chi connectivity index (χ1n) is 7.37. The van der Waals surface area contributed by atoms with Crippen molar-refractivity contribution in [2.45, 2.75) is 6.92 Å². The number of thiazole rings is 1. The Kier molecular flexibility index (Phi) is 4.71. The summed E-state index contributed by atoms with van der Waals surface area (Å²) in [6, 6.07) is 9.99. The fraction of sp³-hybridized carbons (Fsp3) is 0.0588. The molecule has 1 aromatic carbocycles. The summed E-state index contributed by atoms with van der Waals surface area (Å²) in [6.07, 6.45) is 5.07. The highest BCUT2D eigenvalue weighted by atomic mass is 32.1. The molecular weight excluding hydrogens is 340 g/mol. The van der Waals surface area contributed by atoms with Crippen molar-refractivity contribution in [3.63, 3.8) is 0 Å². The highest BCUT2D eigenvalue weighted by Crippen LogP contribution is 2.15. The maximum absolute atomic E-state index is 12.0. The Bertz CT molecular complexity index is 1010. The van der Waals surface area contributed by atoms with Crippen LogP contribution < -0.4 is 14.9 Å². The van der Waals surface area contributed by atoms with Crippen molar-refractivity contribution < 1.29 is 14.5 Å². The van der Waals surface area contributed by atoms with Crippen LogP contribution in [0.1, 0.15) is 20.8 Å². The van der Waals surface area contributed by atoms with Gasteiger partial charge in [-0.3, -0.25) is 4.79 Å². The average Bonchev–Trinajstić information content (AvgIpc) is 2.96. The van der Waals surface area contributed by atoms with Crippen LogP contribution in [0.15, 0.2) is 58.7 Å². The molecule has 0 bridgehead atoms. The number of phenolic OH excluding ortho intramolecular Hbond substituents is 1. The molecule has 7 nitrogen and oxygen atoms in total. The van der Waals surface area contributed by atoms with E-state index in [2.05, 4.69) is 15.5 Å². The molecule has 3 aromatic rings. The molecule has 0 spiro atoms. The van der Waals surface area contributed by atoms with E-state index >= 15 is 0 Å². The van der Waals surface area contributed by atoms with E-state index in [1.165, 1.54) is 18.3 Å². The summed E-state index contributed by atoms with van der Waals surface area (Å²) < 4.78 is 1.78. The molecule has 0 saturated carbocycles. The number of hydrazone groups is 1. The molecule has 1 amide bonds. The number of H-pyrrole nitrogens is 1. The van der Waals surface area contributed by atoms with Gasteiger partial charge in [0, 0.05) is 0 Å². The minimum Gasteiger partial charge on any atom is -0.507 e. The first-order chi connectivity index (χ1) is 12.0. The van der Waals surface area contributed by atoms with Gasteiger partial charge in [-0.15, -0.1) is 0 Å². The first kappa shape index (κ1) is 16.6. The van der Waals surface area contributed by atoms with Gasteiger partial charge in [0.2, 0.25) is 0 Å². The fourth-order valence-corrected chi connectivity index (χ4v) is 2.92. The van der Waals surface area contributed by atoms with E-state index in [1.807, 2.05) is 31.5 Å². The number of aromatic nitrogens is 2. The van der Waals surface area contributed by atoms with Crippen LogP contribution in [0.5, 0.6) is 5.75 Å². The van der Waals surface area contributed by atoms with Crippen LogP contribution in [0, 0.1) is 6.92 Å². The highest BCUT2D eigenvalue weighted by Gasteiger charge is 2.16. The number of pyridine rings is 1. The summed E-state index contributed by atoms with van der Waals surface area (Å²) in [5, 5.41) is 13.5. The lowest BCUT2D eigenvalue weighted by Gasteiger charge is -2.01. The van der Waals surface area contributed by atoms with Gasteiger partial charge in [0.15, 0.2) is 0 Å². The average molecular weight is 355 g/mol. The molecule has 0 aliphatic rings. The van der Waals surface area contributed by atoms with Gasteiger partial charge in [0.25, 0.3) is 5.91 Å². The molecule has 0 atom stereocenters. The molecule has 0 aliphatic heterocycles. The van der Waals surface area contributed by atoms with Crippen molar-refractivity contribution in [3.8, 4) is 11.6 Å². The van der Waals surface area contributed by atoms with Crippen LogP contribution in [-0.4, -0.2) is 22.2 Å². The summed E-state index contributed by atoms with van der Waals surface area (Å²) in [4.78, 5) is 26.8. The lowest BCUT2D eigenvalue weighted by molar-refractivity contribution is -0.599. The topological polar surface area (TPSA) is 98.4 Å². The fourth-order valence-electron chi connectivity index (χ4n) is 2.22. The number of aromatic amines is 1. The quantitative estimate of drug-likeness (QED) is 0.376. The SMILES string of the molecule is Cc1ccc[n+](-c2[nH]c(=O)sc2/C=N/NC(=O)c2ccccc2O)c1. The maximum Gasteiger partial charge on any atom is 0.390 e. The van der Waals surface area contributed by atoms with Gasteiger partial charge in [-0.05, 0) is 42.0 Å². The van der Waals surface area contributed by atoms with Crippen molar-refractivity contribution in [2.24, 2.45) is 5.10 Å². The molecule has 0 radical (unpaired) electrons. The minimum atomic E-state index is -0.540. The van der Waals surface area contributed by atoms with Gasteiger partial charge in [0.1, 0.15) is 10.6 Å². The van der Waals surface area contributed by atoms with Crippen LogP contribution in [-0.2, 0) is 0 Å². The number of phenols is 1. The van der Waals surface area contributed by atoms with E-state index in [-0.39, 0.29) is 16.2 Å². The summed E-state index contributed by atoms with van der Waals surface area (Å²) in [7, 11) is 0. The van der Waals surface area contributed by atoms with Gasteiger partial charge in [-0.2, -0.15) is 10.1 Å². The third-order valence-corrected chi connectivity index (χ3v) is 4.17. The molecular formula is C17H15N4O3S+. The molecule has 126 valence electrons. The lowest BCUT2D eigenvalue weighted by Crippen LogP contribution is -2.32. The van der Waals surface area contributed by atoms with Gasteiger partial charge in [-0.1, -0.05) is 18.2 Å². The number of hydrogen-bond donors (Lipinski definition) is 3. The van der Waals surface area contributed by atoms with E-state index < -0.39 is 5.91 Å². The van der Waals surface area contributed by atoms with Gasteiger partial charge in [0.05, 0.1) is 24.2 Å².